The second-order valence-corrected chi connectivity index (χ2v) is 10.9. The van der Waals surface area contributed by atoms with Gasteiger partial charge < -0.3 is 24.7 Å². The fourth-order valence-electron chi connectivity index (χ4n) is 4.48. The molecule has 0 spiro atoms. The average molecular weight is 532 g/mol. The SMILES string of the molecule is CC(=O)O.CC(=O)O.CC1(C)CC(=O)c2sc(N3CCOc4cc(C(=O)N5CCCC5)ccc43)nc2C1. The molecule has 200 valence electrons. The van der Waals surface area contributed by atoms with Gasteiger partial charge in [0, 0.05) is 38.9 Å². The van der Waals surface area contributed by atoms with E-state index in [1.54, 1.807) is 0 Å². The first-order chi connectivity index (χ1) is 17.4. The lowest BCUT2D eigenvalue weighted by atomic mass is 9.78. The van der Waals surface area contributed by atoms with E-state index < -0.39 is 11.9 Å². The second-order valence-electron chi connectivity index (χ2n) is 9.93. The number of carbonyl (C=O) groups is 4. The van der Waals surface area contributed by atoms with Crippen LogP contribution in [-0.2, 0) is 16.0 Å². The zero-order valence-corrected chi connectivity index (χ0v) is 22.4. The maximum atomic E-state index is 12.7. The first-order valence-electron chi connectivity index (χ1n) is 12.1. The molecule has 5 rings (SSSR count). The predicted octanol–water partition coefficient (Wildman–Crippen LogP) is 4.25. The summed E-state index contributed by atoms with van der Waals surface area (Å²) in [6, 6.07) is 5.68. The Hall–Kier alpha value is -3.47. The molecule has 2 aliphatic heterocycles. The van der Waals surface area contributed by atoms with E-state index in [1.807, 2.05) is 23.1 Å². The molecule has 0 unspecified atom stereocenters. The van der Waals surface area contributed by atoms with Gasteiger partial charge in [-0.1, -0.05) is 25.2 Å². The third-order valence-electron chi connectivity index (χ3n) is 5.92. The van der Waals surface area contributed by atoms with E-state index in [2.05, 4.69) is 18.7 Å². The van der Waals surface area contributed by atoms with Crippen molar-refractivity contribution in [3.8, 4) is 5.75 Å². The number of aromatic nitrogens is 1. The Kier molecular flexibility index (Phi) is 8.90. The number of carbonyl (C=O) groups excluding carboxylic acids is 2. The standard InChI is InChI=1S/C22H25N3O3S.2C2H4O2/c1-22(2)12-15-19(17(26)13-22)29-21(23-15)25-9-10-28-18-11-14(5-6-16(18)25)20(27)24-7-3-4-8-24;2*1-2(3)4/h5-6,11H,3-4,7-10,12-13H2,1-2H3;2*1H3,(H,3,4). The maximum Gasteiger partial charge on any atom is 0.300 e. The Morgan fingerprint density at radius 3 is 2.27 bits per heavy atom. The normalized spacial score (nSPS) is 17.2. The number of thiazole rings is 1. The van der Waals surface area contributed by atoms with Crippen molar-refractivity contribution >= 4 is 45.8 Å². The number of nitrogens with zero attached hydrogens (tertiary/aromatic N) is 3. The number of hydrogen-bond donors (Lipinski definition) is 2. The lowest BCUT2D eigenvalue weighted by molar-refractivity contribution is -0.135. The van der Waals surface area contributed by atoms with Crippen LogP contribution in [0.2, 0.25) is 0 Å². The van der Waals surface area contributed by atoms with Crippen LogP contribution < -0.4 is 9.64 Å². The summed E-state index contributed by atoms with van der Waals surface area (Å²) in [4.78, 5) is 53.0. The molecule has 0 bridgehead atoms. The number of anilines is 2. The molecule has 1 fully saturated rings. The van der Waals surface area contributed by atoms with E-state index in [4.69, 9.17) is 29.5 Å². The highest BCUT2D eigenvalue weighted by Gasteiger charge is 2.35. The molecule has 11 heteroatoms. The molecule has 0 radical (unpaired) electrons. The minimum absolute atomic E-state index is 0.0385. The molecule has 3 aliphatic rings. The topological polar surface area (TPSA) is 137 Å². The van der Waals surface area contributed by atoms with Gasteiger partial charge >= 0.3 is 0 Å². The number of aliphatic carboxylic acids is 2. The number of amides is 1. The third kappa shape index (κ3) is 7.28. The van der Waals surface area contributed by atoms with Crippen LogP contribution >= 0.6 is 11.3 Å². The fourth-order valence-corrected chi connectivity index (χ4v) is 5.54. The Morgan fingerprint density at radius 1 is 1.03 bits per heavy atom. The molecule has 37 heavy (non-hydrogen) atoms. The van der Waals surface area contributed by atoms with Crippen LogP contribution in [0.25, 0.3) is 0 Å². The van der Waals surface area contributed by atoms with Gasteiger partial charge in [0.25, 0.3) is 17.8 Å². The molecule has 10 nitrogen and oxygen atoms in total. The number of carboxylic acid groups (broad SMARTS) is 2. The third-order valence-corrected chi connectivity index (χ3v) is 7.08. The molecule has 1 amide bonds. The quantitative estimate of drug-likeness (QED) is 0.582. The first-order valence-corrected chi connectivity index (χ1v) is 13.0. The van der Waals surface area contributed by atoms with Crippen LogP contribution in [0.3, 0.4) is 0 Å². The molecular formula is C26H33N3O7S. The Bertz CT molecular complexity index is 1160. The smallest absolute Gasteiger partial charge is 0.300 e. The van der Waals surface area contributed by atoms with Crippen molar-refractivity contribution in [2.24, 2.45) is 5.41 Å². The molecule has 3 heterocycles. The van der Waals surface area contributed by atoms with Crippen LogP contribution in [0, 0.1) is 5.41 Å². The van der Waals surface area contributed by atoms with E-state index in [9.17, 15) is 9.59 Å². The lowest BCUT2D eigenvalue weighted by Gasteiger charge is -2.29. The van der Waals surface area contributed by atoms with Gasteiger partial charge in [-0.3, -0.25) is 19.2 Å². The average Bonchev–Trinajstić information content (AvgIpc) is 3.47. The number of ether oxygens (including phenoxy) is 1. The number of Topliss-reactive ketones (excluding diaryl/α,β-unsaturated/α-hetero) is 1. The number of carboxylic acids is 2. The van der Waals surface area contributed by atoms with Crippen LogP contribution in [0.1, 0.15) is 72.7 Å². The molecule has 1 aliphatic carbocycles. The largest absolute Gasteiger partial charge is 0.490 e. The fraction of sp³-hybridized carbons (Fsp3) is 0.500. The van der Waals surface area contributed by atoms with Gasteiger partial charge in [0.1, 0.15) is 12.4 Å². The van der Waals surface area contributed by atoms with Crippen LogP contribution in [0.4, 0.5) is 10.8 Å². The van der Waals surface area contributed by atoms with E-state index in [0.717, 1.165) is 67.6 Å². The number of likely N-dealkylation sites (tertiary alicyclic amines) is 1. The first kappa shape index (κ1) is 28.1. The number of benzene rings is 1. The van der Waals surface area contributed by atoms with Crippen molar-refractivity contribution < 1.29 is 34.1 Å². The summed E-state index contributed by atoms with van der Waals surface area (Å²) >= 11 is 1.48. The zero-order valence-electron chi connectivity index (χ0n) is 21.6. The van der Waals surface area contributed by atoms with Crippen LogP contribution in [0.5, 0.6) is 5.75 Å². The number of rotatable bonds is 2. The van der Waals surface area contributed by atoms with Crippen LogP contribution in [0.15, 0.2) is 18.2 Å². The summed E-state index contributed by atoms with van der Waals surface area (Å²) < 4.78 is 5.88. The Morgan fingerprint density at radius 2 is 1.65 bits per heavy atom. The predicted molar refractivity (Wildman–Crippen MR) is 139 cm³/mol. The summed E-state index contributed by atoms with van der Waals surface area (Å²) in [6.45, 7) is 9.27. The minimum atomic E-state index is -0.833. The Balaban J connectivity index is 0.000000420. The highest BCUT2D eigenvalue weighted by molar-refractivity contribution is 7.17. The number of fused-ring (bicyclic) bond motifs is 2. The minimum Gasteiger partial charge on any atom is -0.490 e. The van der Waals surface area contributed by atoms with Gasteiger partial charge in [-0.2, -0.15) is 0 Å². The van der Waals surface area contributed by atoms with Gasteiger partial charge in [0.05, 0.1) is 22.8 Å². The monoisotopic (exact) mass is 531 g/mol. The van der Waals surface area contributed by atoms with E-state index in [-0.39, 0.29) is 17.1 Å². The molecule has 2 N–H and O–H groups in total. The van der Waals surface area contributed by atoms with Gasteiger partial charge in [-0.25, -0.2) is 4.98 Å². The van der Waals surface area contributed by atoms with Crippen molar-refractivity contribution in [3.63, 3.8) is 0 Å². The summed E-state index contributed by atoms with van der Waals surface area (Å²) in [5.41, 5.74) is 2.46. The zero-order chi connectivity index (χ0) is 27.3. The summed E-state index contributed by atoms with van der Waals surface area (Å²) in [5.74, 6) is -0.690. The highest BCUT2D eigenvalue weighted by atomic mass is 32.1. The molecular weight excluding hydrogens is 498 g/mol. The van der Waals surface area contributed by atoms with Crippen LogP contribution in [-0.4, -0.2) is 70.0 Å². The molecule has 0 saturated carbocycles. The van der Waals surface area contributed by atoms with Crippen molar-refractivity contribution in [2.75, 3.05) is 31.1 Å². The van der Waals surface area contributed by atoms with Gasteiger partial charge in [0.15, 0.2) is 10.9 Å². The molecule has 1 aromatic heterocycles. The van der Waals surface area contributed by atoms with E-state index in [0.29, 0.717) is 30.9 Å². The van der Waals surface area contributed by atoms with Gasteiger partial charge in [-0.15, -0.1) is 0 Å². The Labute approximate surface area is 219 Å². The van der Waals surface area contributed by atoms with Crippen molar-refractivity contribution in [1.82, 2.24) is 9.88 Å². The van der Waals surface area contributed by atoms with E-state index in [1.165, 1.54) is 11.3 Å². The molecule has 1 aromatic carbocycles. The molecule has 0 atom stereocenters. The summed E-state index contributed by atoms with van der Waals surface area (Å²) in [6.07, 6.45) is 3.55. The van der Waals surface area contributed by atoms with Crippen molar-refractivity contribution in [2.45, 2.75) is 53.4 Å². The number of ketones is 1. The summed E-state index contributed by atoms with van der Waals surface area (Å²) in [5, 5.41) is 15.7. The summed E-state index contributed by atoms with van der Waals surface area (Å²) in [7, 11) is 0. The second kappa shape index (κ2) is 11.7. The molecule has 1 saturated heterocycles. The lowest BCUT2D eigenvalue weighted by Crippen LogP contribution is -2.30. The van der Waals surface area contributed by atoms with Gasteiger partial charge in [0.2, 0.25) is 0 Å². The molecule has 2 aromatic rings. The van der Waals surface area contributed by atoms with Crippen molar-refractivity contribution in [3.05, 3.63) is 34.3 Å². The van der Waals surface area contributed by atoms with Gasteiger partial charge in [-0.05, 0) is 42.9 Å². The van der Waals surface area contributed by atoms with E-state index >= 15 is 0 Å². The highest BCUT2D eigenvalue weighted by Crippen LogP contribution is 2.43. The number of hydrogen-bond acceptors (Lipinski definition) is 8. The van der Waals surface area contributed by atoms with Crippen molar-refractivity contribution in [1.29, 1.82) is 0 Å². The maximum absolute atomic E-state index is 12.7.